The van der Waals surface area contributed by atoms with E-state index in [-0.39, 0.29) is 11.8 Å². The van der Waals surface area contributed by atoms with Crippen molar-refractivity contribution in [3.8, 4) is 0 Å². The van der Waals surface area contributed by atoms with E-state index in [1.54, 1.807) is 34.9 Å². The van der Waals surface area contributed by atoms with Gasteiger partial charge in [0.15, 0.2) is 0 Å². The van der Waals surface area contributed by atoms with Crippen LogP contribution >= 0.6 is 0 Å². The summed E-state index contributed by atoms with van der Waals surface area (Å²) >= 11 is 0. The van der Waals surface area contributed by atoms with Crippen molar-refractivity contribution in [2.45, 2.75) is 13.0 Å². The molecule has 0 spiro atoms. The Labute approximate surface area is 175 Å². The zero-order valence-corrected chi connectivity index (χ0v) is 17.1. The second-order valence-corrected chi connectivity index (χ2v) is 8.01. The van der Waals surface area contributed by atoms with Crippen LogP contribution < -0.4 is 0 Å². The number of likely N-dealkylation sites (tertiary alicyclic amines) is 1. The van der Waals surface area contributed by atoms with Gasteiger partial charge in [0.1, 0.15) is 6.33 Å². The van der Waals surface area contributed by atoms with Gasteiger partial charge in [0.25, 0.3) is 5.91 Å². The van der Waals surface area contributed by atoms with E-state index in [0.717, 1.165) is 11.1 Å². The Morgan fingerprint density at radius 2 is 1.70 bits per heavy atom. The van der Waals surface area contributed by atoms with Crippen molar-refractivity contribution in [1.82, 2.24) is 30.0 Å². The van der Waals surface area contributed by atoms with Crippen molar-refractivity contribution in [3.05, 3.63) is 77.6 Å². The standard InChI is InChI=1S/C22H24N6O2/c1-26(2)21(30)22(12-17-6-4-3-5-7-17)14-27(15-22)20(29)19-10-8-18(9-11-19)13-28-16-23-24-25-28/h3-11,16H,12-15H2,1-2H3. The molecule has 1 aliphatic heterocycles. The molecule has 2 aromatic carbocycles. The van der Waals surface area contributed by atoms with Crippen LogP contribution in [0.15, 0.2) is 60.9 Å². The number of carbonyl (C=O) groups excluding carboxylic acids is 2. The maximum Gasteiger partial charge on any atom is 0.253 e. The van der Waals surface area contributed by atoms with Crippen molar-refractivity contribution in [2.75, 3.05) is 27.2 Å². The van der Waals surface area contributed by atoms with Crippen LogP contribution in [0.25, 0.3) is 0 Å². The largest absolute Gasteiger partial charge is 0.348 e. The molecule has 1 saturated heterocycles. The van der Waals surface area contributed by atoms with Gasteiger partial charge in [-0.25, -0.2) is 4.68 Å². The van der Waals surface area contributed by atoms with Crippen molar-refractivity contribution in [1.29, 1.82) is 0 Å². The summed E-state index contributed by atoms with van der Waals surface area (Å²) in [5, 5.41) is 11.1. The normalized spacial score (nSPS) is 14.8. The summed E-state index contributed by atoms with van der Waals surface area (Å²) in [6, 6.07) is 17.4. The molecule has 30 heavy (non-hydrogen) atoms. The van der Waals surface area contributed by atoms with Gasteiger partial charge < -0.3 is 9.80 Å². The van der Waals surface area contributed by atoms with Crippen molar-refractivity contribution in [2.24, 2.45) is 5.41 Å². The fourth-order valence-electron chi connectivity index (χ4n) is 3.99. The molecular formula is C22H24N6O2. The highest BCUT2D eigenvalue weighted by Gasteiger charge is 2.51. The minimum absolute atomic E-state index is 0.0563. The zero-order valence-electron chi connectivity index (χ0n) is 17.1. The molecule has 2 heterocycles. The topological polar surface area (TPSA) is 84.2 Å². The predicted octanol–water partition coefficient (Wildman–Crippen LogP) is 1.49. The number of nitrogens with zero attached hydrogens (tertiary/aromatic N) is 6. The van der Waals surface area contributed by atoms with Crippen LogP contribution in [-0.2, 0) is 17.8 Å². The van der Waals surface area contributed by atoms with Gasteiger partial charge >= 0.3 is 0 Å². The Bertz CT molecular complexity index is 1010. The molecule has 0 unspecified atom stereocenters. The van der Waals surface area contributed by atoms with Gasteiger partial charge in [-0.15, -0.1) is 5.10 Å². The molecule has 0 bridgehead atoms. The van der Waals surface area contributed by atoms with Crippen LogP contribution in [0.2, 0.25) is 0 Å². The highest BCUT2D eigenvalue weighted by atomic mass is 16.2. The monoisotopic (exact) mass is 404 g/mol. The van der Waals surface area contributed by atoms with E-state index in [0.29, 0.717) is 31.6 Å². The number of carbonyl (C=O) groups is 2. The molecule has 0 saturated carbocycles. The third-order valence-electron chi connectivity index (χ3n) is 5.46. The fraction of sp³-hybridized carbons (Fsp3) is 0.318. The molecule has 0 N–H and O–H groups in total. The summed E-state index contributed by atoms with van der Waals surface area (Å²) in [6.07, 6.45) is 2.17. The second-order valence-electron chi connectivity index (χ2n) is 8.01. The third-order valence-corrected chi connectivity index (χ3v) is 5.46. The molecule has 4 rings (SSSR count). The van der Waals surface area contributed by atoms with Crippen LogP contribution in [-0.4, -0.2) is 69.0 Å². The van der Waals surface area contributed by atoms with Crippen molar-refractivity contribution >= 4 is 11.8 Å². The molecule has 0 atom stereocenters. The van der Waals surface area contributed by atoms with E-state index < -0.39 is 5.41 Å². The molecule has 3 aromatic rings. The Hall–Kier alpha value is -3.55. The Morgan fingerprint density at radius 1 is 1.00 bits per heavy atom. The van der Waals surface area contributed by atoms with Crippen LogP contribution in [0, 0.1) is 5.41 Å². The lowest BCUT2D eigenvalue weighted by molar-refractivity contribution is -0.148. The van der Waals surface area contributed by atoms with Gasteiger partial charge in [-0.2, -0.15) is 0 Å². The van der Waals surface area contributed by atoms with Crippen LogP contribution in [0.3, 0.4) is 0 Å². The van der Waals surface area contributed by atoms with E-state index in [1.807, 2.05) is 54.6 Å². The maximum absolute atomic E-state index is 13.0. The van der Waals surface area contributed by atoms with Crippen molar-refractivity contribution in [3.63, 3.8) is 0 Å². The maximum atomic E-state index is 13.0. The number of amides is 2. The minimum atomic E-state index is -0.569. The lowest BCUT2D eigenvalue weighted by Gasteiger charge is -2.50. The van der Waals surface area contributed by atoms with Gasteiger partial charge in [0.05, 0.1) is 12.0 Å². The number of hydrogen-bond acceptors (Lipinski definition) is 5. The molecule has 8 nitrogen and oxygen atoms in total. The van der Waals surface area contributed by atoms with E-state index in [9.17, 15) is 9.59 Å². The first kappa shape index (κ1) is 19.8. The first-order valence-corrected chi connectivity index (χ1v) is 9.81. The molecule has 0 aliphatic carbocycles. The van der Waals surface area contributed by atoms with Crippen LogP contribution in [0.1, 0.15) is 21.5 Å². The van der Waals surface area contributed by atoms with Gasteiger partial charge in [0, 0.05) is 32.7 Å². The minimum Gasteiger partial charge on any atom is -0.348 e. The number of tetrazole rings is 1. The number of rotatable bonds is 6. The fourth-order valence-corrected chi connectivity index (χ4v) is 3.99. The molecule has 8 heteroatoms. The highest BCUT2D eigenvalue weighted by Crippen LogP contribution is 2.36. The quantitative estimate of drug-likeness (QED) is 0.622. The average molecular weight is 404 g/mol. The SMILES string of the molecule is CN(C)C(=O)C1(Cc2ccccc2)CN(C(=O)c2ccc(Cn3cnnn3)cc2)C1. The van der Waals surface area contributed by atoms with Gasteiger partial charge in [-0.3, -0.25) is 9.59 Å². The summed E-state index contributed by atoms with van der Waals surface area (Å²) in [4.78, 5) is 29.2. The summed E-state index contributed by atoms with van der Waals surface area (Å²) < 4.78 is 1.62. The highest BCUT2D eigenvalue weighted by molar-refractivity contribution is 5.97. The molecule has 0 radical (unpaired) electrons. The van der Waals surface area contributed by atoms with Crippen LogP contribution in [0.5, 0.6) is 0 Å². The van der Waals surface area contributed by atoms with Gasteiger partial charge in [-0.05, 0) is 40.1 Å². The van der Waals surface area contributed by atoms with E-state index >= 15 is 0 Å². The molecule has 1 fully saturated rings. The van der Waals surface area contributed by atoms with Crippen LogP contribution in [0.4, 0.5) is 0 Å². The van der Waals surface area contributed by atoms with E-state index in [4.69, 9.17) is 0 Å². The Kier molecular flexibility index (Phi) is 5.31. The Balaban J connectivity index is 1.44. The van der Waals surface area contributed by atoms with Gasteiger partial charge in [-0.1, -0.05) is 42.5 Å². The predicted molar refractivity (Wildman–Crippen MR) is 111 cm³/mol. The zero-order chi connectivity index (χ0) is 21.1. The summed E-state index contributed by atoms with van der Waals surface area (Å²) in [5.74, 6) is 0.00593. The van der Waals surface area contributed by atoms with E-state index in [2.05, 4.69) is 15.5 Å². The second kappa shape index (κ2) is 8.06. The lowest BCUT2D eigenvalue weighted by atomic mass is 9.73. The number of benzene rings is 2. The Morgan fingerprint density at radius 3 is 2.30 bits per heavy atom. The summed E-state index contributed by atoms with van der Waals surface area (Å²) in [6.45, 7) is 1.39. The smallest absolute Gasteiger partial charge is 0.253 e. The molecule has 1 aliphatic rings. The van der Waals surface area contributed by atoms with Crippen molar-refractivity contribution < 1.29 is 9.59 Å². The number of hydrogen-bond donors (Lipinski definition) is 0. The first-order valence-electron chi connectivity index (χ1n) is 9.81. The molecule has 1 aromatic heterocycles. The molecule has 154 valence electrons. The van der Waals surface area contributed by atoms with Gasteiger partial charge in [0.2, 0.25) is 5.91 Å². The number of aromatic nitrogens is 4. The lowest BCUT2D eigenvalue weighted by Crippen LogP contribution is -2.65. The average Bonchev–Trinajstić information content (AvgIpc) is 3.24. The summed E-state index contributed by atoms with van der Waals surface area (Å²) in [7, 11) is 3.53. The molecule has 2 amide bonds. The molecular weight excluding hydrogens is 380 g/mol. The summed E-state index contributed by atoms with van der Waals surface area (Å²) in [5.41, 5.74) is 2.15. The third kappa shape index (κ3) is 3.94. The first-order chi connectivity index (χ1) is 14.5. The van der Waals surface area contributed by atoms with E-state index in [1.165, 1.54) is 0 Å².